The number of carbonyl (C=O) groups is 1. The van der Waals surface area contributed by atoms with Crippen molar-refractivity contribution in [1.29, 1.82) is 0 Å². The first kappa shape index (κ1) is 12.8. The Morgan fingerprint density at radius 2 is 1.94 bits per heavy atom. The molecule has 1 aromatic carbocycles. The fourth-order valence-corrected chi connectivity index (χ4v) is 2.67. The summed E-state index contributed by atoms with van der Waals surface area (Å²) < 4.78 is 0. The van der Waals surface area contributed by atoms with Gasteiger partial charge in [0.1, 0.15) is 0 Å². The van der Waals surface area contributed by atoms with Gasteiger partial charge in [0.25, 0.3) is 5.91 Å². The minimum Gasteiger partial charge on any atom is -0.392 e. The number of rotatable bonds is 3. The molecule has 94 valence electrons. The SMILES string of the molecule is Cc1cc(C(=O)Nc2ccc(CO)cc2)c(C)s1. The second kappa shape index (κ2) is 5.33. The first-order valence-corrected chi connectivity index (χ1v) is 6.50. The van der Waals surface area contributed by atoms with Crippen LogP contribution >= 0.6 is 11.3 Å². The number of carbonyl (C=O) groups excluding carboxylic acids is 1. The smallest absolute Gasteiger partial charge is 0.256 e. The predicted octanol–water partition coefficient (Wildman–Crippen LogP) is 3.11. The normalized spacial score (nSPS) is 10.4. The standard InChI is InChI=1S/C14H15NO2S/c1-9-7-13(10(2)18-9)14(17)15-12-5-3-11(8-16)4-6-12/h3-7,16H,8H2,1-2H3,(H,15,17). The highest BCUT2D eigenvalue weighted by Gasteiger charge is 2.11. The van der Waals surface area contributed by atoms with E-state index in [9.17, 15) is 4.79 Å². The Morgan fingerprint density at radius 1 is 1.28 bits per heavy atom. The molecule has 4 heteroatoms. The zero-order chi connectivity index (χ0) is 13.1. The van der Waals surface area contributed by atoms with Gasteiger partial charge in [-0.3, -0.25) is 4.79 Å². The van der Waals surface area contributed by atoms with E-state index in [1.165, 1.54) is 0 Å². The number of thiophene rings is 1. The van der Waals surface area contributed by atoms with Gasteiger partial charge in [-0.1, -0.05) is 12.1 Å². The van der Waals surface area contributed by atoms with E-state index in [-0.39, 0.29) is 12.5 Å². The lowest BCUT2D eigenvalue weighted by Crippen LogP contribution is -2.11. The Balaban J connectivity index is 2.13. The molecule has 1 aromatic heterocycles. The lowest BCUT2D eigenvalue weighted by Gasteiger charge is -2.05. The summed E-state index contributed by atoms with van der Waals surface area (Å²) in [5, 5.41) is 11.8. The highest BCUT2D eigenvalue weighted by atomic mass is 32.1. The summed E-state index contributed by atoms with van der Waals surface area (Å²) in [5.74, 6) is -0.0893. The lowest BCUT2D eigenvalue weighted by atomic mass is 10.2. The van der Waals surface area contributed by atoms with E-state index in [2.05, 4.69) is 5.32 Å². The van der Waals surface area contributed by atoms with Crippen LogP contribution in [0.5, 0.6) is 0 Å². The van der Waals surface area contributed by atoms with Gasteiger partial charge in [0.2, 0.25) is 0 Å². The number of aryl methyl sites for hydroxylation is 2. The van der Waals surface area contributed by atoms with Crippen LogP contribution in [-0.4, -0.2) is 11.0 Å². The van der Waals surface area contributed by atoms with Gasteiger partial charge in [-0.05, 0) is 37.6 Å². The van der Waals surface area contributed by atoms with E-state index in [1.807, 2.05) is 19.9 Å². The molecule has 2 N–H and O–H groups in total. The number of aliphatic hydroxyl groups is 1. The molecule has 2 rings (SSSR count). The molecule has 0 aliphatic heterocycles. The summed E-state index contributed by atoms with van der Waals surface area (Å²) in [6.45, 7) is 3.95. The van der Waals surface area contributed by atoms with Crippen LogP contribution in [0.15, 0.2) is 30.3 Å². The Bertz CT molecular complexity index is 558. The molecule has 1 heterocycles. The van der Waals surface area contributed by atoms with Gasteiger partial charge >= 0.3 is 0 Å². The molecular formula is C14H15NO2S. The van der Waals surface area contributed by atoms with Crippen molar-refractivity contribution in [1.82, 2.24) is 0 Å². The van der Waals surface area contributed by atoms with E-state index in [1.54, 1.807) is 35.6 Å². The van der Waals surface area contributed by atoms with Gasteiger partial charge in [0.15, 0.2) is 0 Å². The number of amides is 1. The van der Waals surface area contributed by atoms with Crippen molar-refractivity contribution in [3.8, 4) is 0 Å². The summed E-state index contributed by atoms with van der Waals surface area (Å²) in [6.07, 6.45) is 0. The van der Waals surface area contributed by atoms with Crippen molar-refractivity contribution in [2.45, 2.75) is 20.5 Å². The van der Waals surface area contributed by atoms with Crippen molar-refractivity contribution < 1.29 is 9.90 Å². The number of hydrogen-bond donors (Lipinski definition) is 2. The molecule has 2 aromatic rings. The molecule has 0 atom stereocenters. The third-order valence-corrected chi connectivity index (χ3v) is 3.65. The molecular weight excluding hydrogens is 246 g/mol. The third kappa shape index (κ3) is 2.78. The zero-order valence-electron chi connectivity index (χ0n) is 10.4. The third-order valence-electron chi connectivity index (χ3n) is 2.68. The average molecular weight is 261 g/mol. The monoisotopic (exact) mass is 261 g/mol. The van der Waals surface area contributed by atoms with Crippen LogP contribution in [0.2, 0.25) is 0 Å². The topological polar surface area (TPSA) is 49.3 Å². The average Bonchev–Trinajstić information content (AvgIpc) is 2.69. The van der Waals surface area contributed by atoms with Gasteiger partial charge in [0.05, 0.1) is 12.2 Å². The minimum atomic E-state index is -0.0893. The molecule has 0 aliphatic carbocycles. The van der Waals surface area contributed by atoms with E-state index >= 15 is 0 Å². The second-order valence-corrected chi connectivity index (χ2v) is 5.60. The molecule has 0 saturated heterocycles. The fourth-order valence-electron chi connectivity index (χ4n) is 1.75. The molecule has 18 heavy (non-hydrogen) atoms. The largest absolute Gasteiger partial charge is 0.392 e. The molecule has 0 radical (unpaired) electrons. The van der Waals surface area contributed by atoms with Gasteiger partial charge in [-0.25, -0.2) is 0 Å². The van der Waals surface area contributed by atoms with E-state index in [0.717, 1.165) is 26.6 Å². The highest BCUT2D eigenvalue weighted by molar-refractivity contribution is 7.12. The first-order valence-electron chi connectivity index (χ1n) is 5.68. The van der Waals surface area contributed by atoms with Gasteiger partial charge in [0, 0.05) is 15.4 Å². The molecule has 0 saturated carbocycles. The van der Waals surface area contributed by atoms with Crippen molar-refractivity contribution in [3.63, 3.8) is 0 Å². The molecule has 3 nitrogen and oxygen atoms in total. The van der Waals surface area contributed by atoms with Crippen molar-refractivity contribution in [2.75, 3.05) is 5.32 Å². The first-order chi connectivity index (χ1) is 8.60. The van der Waals surface area contributed by atoms with Crippen LogP contribution < -0.4 is 5.32 Å². The molecule has 0 spiro atoms. The summed E-state index contributed by atoms with van der Waals surface area (Å²) in [7, 11) is 0. The molecule has 0 bridgehead atoms. The Labute approximate surface area is 110 Å². The maximum Gasteiger partial charge on any atom is 0.256 e. The zero-order valence-corrected chi connectivity index (χ0v) is 11.2. The quantitative estimate of drug-likeness (QED) is 0.892. The Hall–Kier alpha value is -1.65. The number of aliphatic hydroxyl groups excluding tert-OH is 1. The Morgan fingerprint density at radius 3 is 2.44 bits per heavy atom. The predicted molar refractivity (Wildman–Crippen MR) is 74.1 cm³/mol. The maximum atomic E-state index is 12.0. The van der Waals surface area contributed by atoms with Gasteiger partial charge in [-0.2, -0.15) is 0 Å². The minimum absolute atomic E-state index is 0.0110. The number of anilines is 1. The molecule has 0 aliphatic rings. The molecule has 1 amide bonds. The lowest BCUT2D eigenvalue weighted by molar-refractivity contribution is 0.102. The molecule has 0 unspecified atom stereocenters. The van der Waals surface area contributed by atoms with E-state index in [4.69, 9.17) is 5.11 Å². The summed E-state index contributed by atoms with van der Waals surface area (Å²) >= 11 is 1.62. The van der Waals surface area contributed by atoms with Crippen LogP contribution in [0.25, 0.3) is 0 Å². The van der Waals surface area contributed by atoms with E-state index < -0.39 is 0 Å². The number of nitrogens with one attached hydrogen (secondary N) is 1. The maximum absolute atomic E-state index is 12.0. The van der Waals surface area contributed by atoms with Crippen molar-refractivity contribution >= 4 is 22.9 Å². The van der Waals surface area contributed by atoms with Crippen molar-refractivity contribution in [2.24, 2.45) is 0 Å². The van der Waals surface area contributed by atoms with Crippen LogP contribution in [-0.2, 0) is 6.61 Å². The fraction of sp³-hybridized carbons (Fsp3) is 0.214. The van der Waals surface area contributed by atoms with Gasteiger partial charge in [-0.15, -0.1) is 11.3 Å². The summed E-state index contributed by atoms with van der Waals surface area (Å²) in [4.78, 5) is 14.2. The van der Waals surface area contributed by atoms with Gasteiger partial charge < -0.3 is 10.4 Å². The summed E-state index contributed by atoms with van der Waals surface area (Å²) in [6, 6.07) is 9.07. The summed E-state index contributed by atoms with van der Waals surface area (Å²) in [5.41, 5.74) is 2.29. The van der Waals surface area contributed by atoms with Crippen LogP contribution in [0, 0.1) is 13.8 Å². The van der Waals surface area contributed by atoms with Crippen LogP contribution in [0.4, 0.5) is 5.69 Å². The number of hydrogen-bond acceptors (Lipinski definition) is 3. The van der Waals surface area contributed by atoms with Crippen LogP contribution in [0.1, 0.15) is 25.7 Å². The highest BCUT2D eigenvalue weighted by Crippen LogP contribution is 2.21. The van der Waals surface area contributed by atoms with E-state index in [0.29, 0.717) is 0 Å². The van der Waals surface area contributed by atoms with Crippen molar-refractivity contribution in [3.05, 3.63) is 51.2 Å². The Kier molecular flexibility index (Phi) is 3.79. The second-order valence-electron chi connectivity index (χ2n) is 4.14. The van der Waals surface area contributed by atoms with Crippen LogP contribution in [0.3, 0.4) is 0 Å². The molecule has 0 fully saturated rings. The number of benzene rings is 1.